The molecule has 2 aromatic heterocycles. The van der Waals surface area contributed by atoms with E-state index in [1.165, 1.54) is 5.56 Å². The van der Waals surface area contributed by atoms with Gasteiger partial charge in [-0.25, -0.2) is 9.97 Å². The number of rotatable bonds is 5. The molecule has 0 fully saturated rings. The SMILES string of the molecule is CNC(=O)c1cn(C)c2c1C(C)(C)Cc1cnc(Nc3ccc(CN(C)C)cc3)nc1-2. The zero-order chi connectivity index (χ0) is 22.3. The lowest BCUT2D eigenvalue weighted by Crippen LogP contribution is -2.30. The molecule has 0 aliphatic heterocycles. The van der Waals surface area contributed by atoms with E-state index in [0.717, 1.165) is 41.2 Å². The summed E-state index contributed by atoms with van der Waals surface area (Å²) in [6.07, 6.45) is 4.59. The first-order valence-corrected chi connectivity index (χ1v) is 10.5. The summed E-state index contributed by atoms with van der Waals surface area (Å²) >= 11 is 0. The van der Waals surface area contributed by atoms with E-state index in [9.17, 15) is 4.79 Å². The number of anilines is 2. The predicted molar refractivity (Wildman–Crippen MR) is 124 cm³/mol. The molecule has 0 radical (unpaired) electrons. The van der Waals surface area contributed by atoms with Crippen LogP contribution in [0.5, 0.6) is 0 Å². The highest BCUT2D eigenvalue weighted by molar-refractivity contribution is 5.98. The van der Waals surface area contributed by atoms with Gasteiger partial charge in [-0.05, 0) is 54.8 Å². The molecular formula is C24H30N6O. The van der Waals surface area contributed by atoms with Gasteiger partial charge < -0.3 is 20.1 Å². The normalized spacial score (nSPS) is 14.2. The fraction of sp³-hybridized carbons (Fsp3) is 0.375. The van der Waals surface area contributed by atoms with Gasteiger partial charge in [0.2, 0.25) is 5.95 Å². The zero-order valence-electron chi connectivity index (χ0n) is 19.1. The predicted octanol–water partition coefficient (Wildman–Crippen LogP) is 3.48. The van der Waals surface area contributed by atoms with Crippen LogP contribution in [0.25, 0.3) is 11.4 Å². The average Bonchev–Trinajstić information content (AvgIpc) is 3.07. The van der Waals surface area contributed by atoms with Crippen LogP contribution in [0.1, 0.15) is 40.9 Å². The van der Waals surface area contributed by atoms with Crippen LogP contribution in [0.15, 0.2) is 36.7 Å². The van der Waals surface area contributed by atoms with Gasteiger partial charge in [0.25, 0.3) is 5.91 Å². The topological polar surface area (TPSA) is 75.1 Å². The Morgan fingerprint density at radius 1 is 1.23 bits per heavy atom. The minimum Gasteiger partial charge on any atom is -0.355 e. The van der Waals surface area contributed by atoms with E-state index < -0.39 is 0 Å². The van der Waals surface area contributed by atoms with Crippen molar-refractivity contribution in [2.24, 2.45) is 7.05 Å². The maximum absolute atomic E-state index is 12.5. The largest absolute Gasteiger partial charge is 0.355 e. The highest BCUT2D eigenvalue weighted by Crippen LogP contribution is 2.44. The van der Waals surface area contributed by atoms with Gasteiger partial charge in [-0.3, -0.25) is 4.79 Å². The fourth-order valence-corrected chi connectivity index (χ4v) is 4.46. The summed E-state index contributed by atoms with van der Waals surface area (Å²) in [6.45, 7) is 5.24. The molecule has 1 aliphatic carbocycles. The van der Waals surface area contributed by atoms with Crippen molar-refractivity contribution in [3.63, 3.8) is 0 Å². The third-order valence-electron chi connectivity index (χ3n) is 5.76. The second kappa shape index (κ2) is 7.81. The highest BCUT2D eigenvalue weighted by atomic mass is 16.1. The van der Waals surface area contributed by atoms with Crippen molar-refractivity contribution in [3.8, 4) is 11.4 Å². The Kier molecular flexibility index (Phi) is 5.31. The van der Waals surface area contributed by atoms with E-state index >= 15 is 0 Å². The monoisotopic (exact) mass is 418 g/mol. The Labute approximate surface area is 183 Å². The third kappa shape index (κ3) is 3.93. The summed E-state index contributed by atoms with van der Waals surface area (Å²) in [4.78, 5) is 24.1. The molecule has 2 heterocycles. The maximum Gasteiger partial charge on any atom is 0.252 e. The van der Waals surface area contributed by atoms with E-state index in [-0.39, 0.29) is 11.3 Å². The second-order valence-electron chi connectivity index (χ2n) is 9.14. The van der Waals surface area contributed by atoms with Crippen LogP contribution in [-0.4, -0.2) is 46.5 Å². The van der Waals surface area contributed by atoms with E-state index in [1.807, 2.05) is 36.1 Å². The van der Waals surface area contributed by atoms with Crippen LogP contribution in [0.2, 0.25) is 0 Å². The van der Waals surface area contributed by atoms with Crippen LogP contribution in [0.4, 0.5) is 11.6 Å². The first-order valence-electron chi connectivity index (χ1n) is 10.5. The molecule has 0 atom stereocenters. The van der Waals surface area contributed by atoms with Crippen LogP contribution in [0.3, 0.4) is 0 Å². The van der Waals surface area contributed by atoms with Gasteiger partial charge in [-0.1, -0.05) is 26.0 Å². The lowest BCUT2D eigenvalue weighted by Gasteiger charge is -2.32. The number of hydrogen-bond donors (Lipinski definition) is 2. The van der Waals surface area contributed by atoms with Gasteiger partial charge in [0, 0.05) is 38.7 Å². The molecule has 1 amide bonds. The molecule has 0 saturated heterocycles. The first kappa shape index (κ1) is 21.1. The molecule has 31 heavy (non-hydrogen) atoms. The Balaban J connectivity index is 1.71. The molecule has 0 saturated carbocycles. The molecule has 3 aromatic rings. The van der Waals surface area contributed by atoms with Gasteiger partial charge in [-0.15, -0.1) is 0 Å². The minimum atomic E-state index is -0.188. The molecule has 0 unspecified atom stereocenters. The summed E-state index contributed by atoms with van der Waals surface area (Å²) < 4.78 is 2.01. The van der Waals surface area contributed by atoms with E-state index in [1.54, 1.807) is 7.05 Å². The summed E-state index contributed by atoms with van der Waals surface area (Å²) in [5, 5.41) is 6.09. The van der Waals surface area contributed by atoms with E-state index in [4.69, 9.17) is 4.98 Å². The van der Waals surface area contributed by atoms with Crippen molar-refractivity contribution < 1.29 is 4.79 Å². The Bertz CT molecular complexity index is 1130. The number of carbonyl (C=O) groups excluding carboxylic acids is 1. The number of aromatic nitrogens is 3. The molecule has 0 bridgehead atoms. The number of fused-ring (bicyclic) bond motifs is 3. The van der Waals surface area contributed by atoms with Gasteiger partial charge in [0.05, 0.1) is 17.0 Å². The van der Waals surface area contributed by atoms with Crippen molar-refractivity contribution >= 4 is 17.5 Å². The Hall–Kier alpha value is -3.19. The lowest BCUT2D eigenvalue weighted by atomic mass is 9.72. The van der Waals surface area contributed by atoms with Gasteiger partial charge in [0.1, 0.15) is 0 Å². The quantitative estimate of drug-likeness (QED) is 0.664. The van der Waals surface area contributed by atoms with Crippen molar-refractivity contribution in [2.75, 3.05) is 26.5 Å². The number of carbonyl (C=O) groups is 1. The zero-order valence-corrected chi connectivity index (χ0v) is 19.1. The van der Waals surface area contributed by atoms with Crippen molar-refractivity contribution in [3.05, 3.63) is 58.9 Å². The van der Waals surface area contributed by atoms with Crippen molar-refractivity contribution in [2.45, 2.75) is 32.2 Å². The first-order chi connectivity index (χ1) is 14.7. The summed E-state index contributed by atoms with van der Waals surface area (Å²) in [5.74, 6) is 0.478. The van der Waals surface area contributed by atoms with Crippen molar-refractivity contribution in [1.29, 1.82) is 0 Å². The maximum atomic E-state index is 12.5. The van der Waals surface area contributed by atoms with Crippen LogP contribution in [0, 0.1) is 0 Å². The molecular weight excluding hydrogens is 388 g/mol. The number of nitrogens with zero attached hydrogens (tertiary/aromatic N) is 4. The molecule has 7 heteroatoms. The number of aryl methyl sites for hydroxylation is 1. The van der Waals surface area contributed by atoms with Gasteiger partial charge in [-0.2, -0.15) is 0 Å². The van der Waals surface area contributed by atoms with Crippen LogP contribution in [-0.2, 0) is 25.4 Å². The van der Waals surface area contributed by atoms with Gasteiger partial charge in [0.15, 0.2) is 0 Å². The molecule has 7 nitrogen and oxygen atoms in total. The van der Waals surface area contributed by atoms with E-state index in [0.29, 0.717) is 11.5 Å². The minimum absolute atomic E-state index is 0.0707. The lowest BCUT2D eigenvalue weighted by molar-refractivity contribution is 0.0961. The number of nitrogens with one attached hydrogen (secondary N) is 2. The van der Waals surface area contributed by atoms with Gasteiger partial charge >= 0.3 is 0 Å². The molecule has 162 valence electrons. The van der Waals surface area contributed by atoms with Crippen LogP contribution < -0.4 is 10.6 Å². The third-order valence-corrected chi connectivity index (χ3v) is 5.76. The smallest absolute Gasteiger partial charge is 0.252 e. The molecule has 0 spiro atoms. The number of hydrogen-bond acceptors (Lipinski definition) is 5. The average molecular weight is 419 g/mol. The Morgan fingerprint density at radius 3 is 2.58 bits per heavy atom. The summed E-state index contributed by atoms with van der Waals surface area (Å²) in [5.41, 5.74) is 6.71. The standard InChI is InChI=1S/C24H30N6O/c1-24(2)11-16-12-26-23(27-17-9-7-15(8-10-17)13-29(4)5)28-20(16)21-19(24)18(14-30(21)6)22(31)25-3/h7-10,12,14H,11,13H2,1-6H3,(H,25,31)(H,26,27,28). The van der Waals surface area contributed by atoms with Crippen molar-refractivity contribution in [1.82, 2.24) is 24.8 Å². The van der Waals surface area contributed by atoms with E-state index in [2.05, 4.69) is 60.6 Å². The number of benzene rings is 1. The molecule has 2 N–H and O–H groups in total. The fourth-order valence-electron chi connectivity index (χ4n) is 4.46. The highest BCUT2D eigenvalue weighted by Gasteiger charge is 2.38. The van der Waals surface area contributed by atoms with Crippen LogP contribution >= 0.6 is 0 Å². The molecule has 4 rings (SSSR count). The second-order valence-corrected chi connectivity index (χ2v) is 9.14. The molecule has 1 aliphatic rings. The Morgan fingerprint density at radius 2 is 1.94 bits per heavy atom. The number of amides is 1. The summed E-state index contributed by atoms with van der Waals surface area (Å²) in [7, 11) is 7.75. The summed E-state index contributed by atoms with van der Waals surface area (Å²) in [6, 6.07) is 8.30. The molecule has 1 aromatic carbocycles.